The Morgan fingerprint density at radius 3 is 2.47 bits per heavy atom. The highest BCUT2D eigenvalue weighted by molar-refractivity contribution is 6.33. The Morgan fingerprint density at radius 2 is 1.84 bits per heavy atom. The number of aliphatic hydroxyl groups excluding tert-OH is 1. The van der Waals surface area contributed by atoms with Crippen molar-refractivity contribution in [3.05, 3.63) is 59.1 Å². The van der Waals surface area contributed by atoms with Crippen LogP contribution in [0.4, 0.5) is 11.4 Å². The Labute approximate surface area is 118 Å². The van der Waals surface area contributed by atoms with Gasteiger partial charge in [0.2, 0.25) is 0 Å². The summed E-state index contributed by atoms with van der Waals surface area (Å²) in [5.74, 6) is 0. The summed E-state index contributed by atoms with van der Waals surface area (Å²) in [7, 11) is 0. The lowest BCUT2D eigenvalue weighted by Crippen LogP contribution is -2.36. The molecule has 2 aromatic rings. The molecule has 2 aromatic carbocycles. The molecule has 0 spiro atoms. The minimum absolute atomic E-state index is 0.0526. The number of hydrogen-bond acceptors (Lipinski definition) is 3. The van der Waals surface area contributed by atoms with E-state index in [0.717, 1.165) is 5.56 Å². The lowest BCUT2D eigenvalue weighted by molar-refractivity contribution is 0.224. The highest BCUT2D eigenvalue weighted by Gasteiger charge is 2.26. The molecular weight excluding hydrogens is 260 g/mol. The summed E-state index contributed by atoms with van der Waals surface area (Å²) in [6, 6.07) is 15.1. The van der Waals surface area contributed by atoms with Gasteiger partial charge in [-0.2, -0.15) is 0 Å². The van der Waals surface area contributed by atoms with Crippen LogP contribution < -0.4 is 11.1 Å². The van der Waals surface area contributed by atoms with E-state index in [2.05, 4.69) is 5.32 Å². The van der Waals surface area contributed by atoms with E-state index in [1.165, 1.54) is 0 Å². The number of nitrogen functional groups attached to an aromatic ring is 1. The molecule has 2 rings (SSSR count). The molecule has 19 heavy (non-hydrogen) atoms. The second kappa shape index (κ2) is 5.51. The van der Waals surface area contributed by atoms with Gasteiger partial charge in [-0.15, -0.1) is 0 Å². The summed E-state index contributed by atoms with van der Waals surface area (Å²) in [4.78, 5) is 0. The van der Waals surface area contributed by atoms with Crippen LogP contribution in [0, 0.1) is 0 Å². The molecule has 4 N–H and O–H groups in total. The van der Waals surface area contributed by atoms with Gasteiger partial charge in [0, 0.05) is 0 Å². The third kappa shape index (κ3) is 2.83. The van der Waals surface area contributed by atoms with Crippen molar-refractivity contribution in [1.29, 1.82) is 0 Å². The SMILES string of the molecule is CC(CO)(Nc1cccc(Cl)c1N)c1ccccc1. The molecule has 100 valence electrons. The van der Waals surface area contributed by atoms with Crippen molar-refractivity contribution in [2.45, 2.75) is 12.5 Å². The van der Waals surface area contributed by atoms with Gasteiger partial charge in [0.1, 0.15) is 0 Å². The third-order valence-electron chi connectivity index (χ3n) is 3.19. The Hall–Kier alpha value is -1.71. The van der Waals surface area contributed by atoms with Crippen LogP contribution in [-0.4, -0.2) is 11.7 Å². The van der Waals surface area contributed by atoms with Crippen molar-refractivity contribution in [2.24, 2.45) is 0 Å². The van der Waals surface area contributed by atoms with E-state index in [0.29, 0.717) is 16.4 Å². The maximum Gasteiger partial charge on any atom is 0.0829 e. The number of nitrogens with two attached hydrogens (primary N) is 1. The topological polar surface area (TPSA) is 58.3 Å². The first-order chi connectivity index (χ1) is 9.07. The van der Waals surface area contributed by atoms with Crippen LogP contribution in [0.2, 0.25) is 5.02 Å². The molecule has 1 atom stereocenters. The van der Waals surface area contributed by atoms with Crippen molar-refractivity contribution < 1.29 is 5.11 Å². The van der Waals surface area contributed by atoms with Gasteiger partial charge in [-0.05, 0) is 24.6 Å². The zero-order valence-corrected chi connectivity index (χ0v) is 11.5. The fourth-order valence-electron chi connectivity index (χ4n) is 1.95. The Morgan fingerprint density at radius 1 is 1.16 bits per heavy atom. The summed E-state index contributed by atoms with van der Waals surface area (Å²) in [6.07, 6.45) is 0. The van der Waals surface area contributed by atoms with Gasteiger partial charge in [-0.1, -0.05) is 48.0 Å². The van der Waals surface area contributed by atoms with E-state index in [-0.39, 0.29) is 6.61 Å². The standard InChI is InChI=1S/C15H17ClN2O/c1-15(10-19,11-6-3-2-4-7-11)18-13-9-5-8-12(16)14(13)17/h2-9,18-19H,10,17H2,1H3. The van der Waals surface area contributed by atoms with Crippen molar-refractivity contribution in [3.8, 4) is 0 Å². The summed E-state index contributed by atoms with van der Waals surface area (Å²) in [5.41, 5.74) is 7.52. The van der Waals surface area contributed by atoms with Crippen LogP contribution in [0.15, 0.2) is 48.5 Å². The van der Waals surface area contributed by atoms with Gasteiger partial charge in [0.25, 0.3) is 0 Å². The monoisotopic (exact) mass is 276 g/mol. The molecule has 0 saturated carbocycles. The Bertz CT molecular complexity index is 559. The largest absolute Gasteiger partial charge is 0.396 e. The number of halogens is 1. The van der Waals surface area contributed by atoms with Crippen LogP contribution in [0.5, 0.6) is 0 Å². The lowest BCUT2D eigenvalue weighted by atomic mass is 9.92. The number of hydrogen-bond donors (Lipinski definition) is 3. The number of anilines is 2. The molecule has 0 bridgehead atoms. The van der Waals surface area contributed by atoms with Gasteiger partial charge in [-0.25, -0.2) is 0 Å². The van der Waals surface area contributed by atoms with Crippen LogP contribution in [0.1, 0.15) is 12.5 Å². The minimum atomic E-state index is -0.611. The number of para-hydroxylation sites is 1. The second-order valence-electron chi connectivity index (χ2n) is 4.68. The molecule has 0 radical (unpaired) electrons. The third-order valence-corrected chi connectivity index (χ3v) is 3.52. The maximum atomic E-state index is 9.72. The first-order valence-corrected chi connectivity index (χ1v) is 6.43. The highest BCUT2D eigenvalue weighted by Crippen LogP contribution is 2.32. The predicted molar refractivity (Wildman–Crippen MR) is 80.4 cm³/mol. The molecule has 0 heterocycles. The molecule has 0 aromatic heterocycles. The normalized spacial score (nSPS) is 13.8. The summed E-state index contributed by atoms with van der Waals surface area (Å²) >= 11 is 6.00. The van der Waals surface area contributed by atoms with Crippen LogP contribution in [0.3, 0.4) is 0 Å². The van der Waals surface area contributed by atoms with Crippen molar-refractivity contribution >= 4 is 23.0 Å². The van der Waals surface area contributed by atoms with E-state index < -0.39 is 5.54 Å². The molecule has 3 nitrogen and oxygen atoms in total. The Kier molecular flexibility index (Phi) is 3.98. The molecule has 0 aliphatic carbocycles. The van der Waals surface area contributed by atoms with Crippen LogP contribution in [0.25, 0.3) is 0 Å². The summed E-state index contributed by atoms with van der Waals surface area (Å²) in [6.45, 7) is 1.87. The van der Waals surface area contributed by atoms with Crippen molar-refractivity contribution in [3.63, 3.8) is 0 Å². The Balaban J connectivity index is 2.36. The quantitative estimate of drug-likeness (QED) is 0.752. The summed E-state index contributed by atoms with van der Waals surface area (Å²) < 4.78 is 0. The predicted octanol–water partition coefficient (Wildman–Crippen LogP) is 3.24. The number of benzene rings is 2. The fraction of sp³-hybridized carbons (Fsp3) is 0.200. The van der Waals surface area contributed by atoms with Crippen molar-refractivity contribution in [1.82, 2.24) is 0 Å². The molecule has 1 unspecified atom stereocenters. The molecule has 4 heteroatoms. The lowest BCUT2D eigenvalue weighted by Gasteiger charge is -2.31. The zero-order valence-electron chi connectivity index (χ0n) is 10.7. The number of nitrogens with one attached hydrogen (secondary N) is 1. The fourth-order valence-corrected chi connectivity index (χ4v) is 2.13. The van der Waals surface area contributed by atoms with Gasteiger partial charge in [0.05, 0.1) is 28.5 Å². The zero-order chi connectivity index (χ0) is 13.9. The van der Waals surface area contributed by atoms with E-state index in [9.17, 15) is 5.11 Å². The molecule has 0 aliphatic rings. The van der Waals surface area contributed by atoms with Gasteiger partial charge < -0.3 is 16.2 Å². The van der Waals surface area contributed by atoms with Gasteiger partial charge in [-0.3, -0.25) is 0 Å². The second-order valence-corrected chi connectivity index (χ2v) is 5.09. The summed E-state index contributed by atoms with van der Waals surface area (Å²) in [5, 5.41) is 13.5. The van der Waals surface area contributed by atoms with E-state index in [1.54, 1.807) is 6.07 Å². The van der Waals surface area contributed by atoms with Crippen molar-refractivity contribution in [2.75, 3.05) is 17.7 Å². The van der Waals surface area contributed by atoms with E-state index in [4.69, 9.17) is 17.3 Å². The highest BCUT2D eigenvalue weighted by atomic mass is 35.5. The number of rotatable bonds is 4. The maximum absolute atomic E-state index is 9.72. The van der Waals surface area contributed by atoms with Gasteiger partial charge >= 0.3 is 0 Å². The van der Waals surface area contributed by atoms with Crippen LogP contribution in [-0.2, 0) is 5.54 Å². The molecule has 0 saturated heterocycles. The average molecular weight is 277 g/mol. The minimum Gasteiger partial charge on any atom is -0.396 e. The van der Waals surface area contributed by atoms with Crippen LogP contribution >= 0.6 is 11.6 Å². The molecular formula is C15H17ClN2O. The smallest absolute Gasteiger partial charge is 0.0829 e. The first-order valence-electron chi connectivity index (χ1n) is 6.05. The molecule has 0 fully saturated rings. The van der Waals surface area contributed by atoms with E-state index in [1.807, 2.05) is 49.4 Å². The number of aliphatic hydroxyl groups is 1. The molecule has 0 amide bonds. The van der Waals surface area contributed by atoms with E-state index >= 15 is 0 Å². The average Bonchev–Trinajstić information content (AvgIpc) is 2.45. The van der Waals surface area contributed by atoms with Gasteiger partial charge in [0.15, 0.2) is 0 Å². The molecule has 0 aliphatic heterocycles. The first kappa shape index (κ1) is 13.7.